The minimum absolute atomic E-state index is 0.0168. The first kappa shape index (κ1) is 43.6. The average molecular weight is 883 g/mol. The molecule has 27 nitrogen and oxygen atoms in total. The molecule has 30 heteroatoms. The van der Waals surface area contributed by atoms with Crippen molar-refractivity contribution in [1.29, 1.82) is 0 Å². The number of nitrogens with zero attached hydrogens (tertiary/aromatic N) is 8. The van der Waals surface area contributed by atoms with E-state index in [1.54, 1.807) is 0 Å². The number of carboxylic acids is 1. The summed E-state index contributed by atoms with van der Waals surface area (Å²) < 4.78 is 83.9. The number of nitrogens with two attached hydrogens (primary N) is 1. The molecule has 0 amide bonds. The van der Waals surface area contributed by atoms with E-state index in [-0.39, 0.29) is 69.8 Å². The molecule has 0 unspecified atom stereocenters. The Balaban J connectivity index is 1.69. The van der Waals surface area contributed by atoms with Crippen molar-refractivity contribution in [3.8, 4) is 23.0 Å². The van der Waals surface area contributed by atoms with Gasteiger partial charge < -0.3 is 40.7 Å². The molecule has 0 saturated heterocycles. The fraction of sp³-hybridized carbons (Fsp3) is 0.138. The number of benzene rings is 4. The van der Waals surface area contributed by atoms with E-state index in [1.807, 2.05) is 0 Å². The number of rotatable bonds is 18. The van der Waals surface area contributed by atoms with Crippen molar-refractivity contribution < 1.29 is 80.4 Å². The first-order valence-corrected chi connectivity index (χ1v) is 19.2. The summed E-state index contributed by atoms with van der Waals surface area (Å²) in [6, 6.07) is 7.45. The highest BCUT2D eigenvalue weighted by Gasteiger charge is 2.27. The van der Waals surface area contributed by atoms with E-state index in [4.69, 9.17) is 25.6 Å². The molecular weight excluding hydrogens is 857 g/mol. The zero-order valence-electron chi connectivity index (χ0n) is 29.0. The lowest BCUT2D eigenvalue weighted by molar-refractivity contribution is -0.432. The third kappa shape index (κ3) is 10.3. The molecule has 0 bridgehead atoms. The van der Waals surface area contributed by atoms with Crippen molar-refractivity contribution in [1.82, 2.24) is 15.2 Å². The van der Waals surface area contributed by atoms with Gasteiger partial charge in [-0.15, -0.1) is 45.2 Å². The number of fused-ring (bicyclic) bond motifs is 1. The Hall–Kier alpha value is -6.48. The van der Waals surface area contributed by atoms with Crippen LogP contribution in [-0.2, 0) is 29.6 Å². The van der Waals surface area contributed by atoms with Gasteiger partial charge in [-0.25, -0.2) is 10.1 Å². The number of aromatic nitrogens is 3. The highest BCUT2D eigenvalue weighted by atomic mass is 32.2. The number of phenolic OH excluding ortho intramolecular Hbond substituents is 2. The molecule has 5 rings (SSSR count). The summed E-state index contributed by atoms with van der Waals surface area (Å²) in [5.41, 5.74) is 3.33. The number of phenols is 2. The summed E-state index contributed by atoms with van der Waals surface area (Å²) in [4.78, 5) is 11.3. The van der Waals surface area contributed by atoms with E-state index in [1.165, 1.54) is 6.07 Å². The number of aromatic hydroxyl groups is 2. The van der Waals surface area contributed by atoms with Crippen molar-refractivity contribution in [2.45, 2.75) is 14.7 Å². The molecule has 0 aliphatic carbocycles. The minimum Gasteiger partial charge on any atom is -0.505 e. The van der Waals surface area contributed by atoms with E-state index in [0.29, 0.717) is 0 Å². The summed E-state index contributed by atoms with van der Waals surface area (Å²) in [5.74, 6) is -5.25. The summed E-state index contributed by atoms with van der Waals surface area (Å²) in [5, 5.41) is 92.0. The van der Waals surface area contributed by atoms with Gasteiger partial charge >= 0.3 is 5.97 Å². The topological polar surface area (TPSA) is 426 Å². The summed E-state index contributed by atoms with van der Waals surface area (Å²) in [6.07, 6.45) is 0. The summed E-state index contributed by atoms with van der Waals surface area (Å²) in [7, 11) is -10.0. The van der Waals surface area contributed by atoms with Crippen LogP contribution in [0.5, 0.6) is 23.0 Å². The molecule has 59 heavy (non-hydrogen) atoms. The summed E-state index contributed by atoms with van der Waals surface area (Å²) in [6.45, 7) is -1.71. The maximum atomic E-state index is 12.4. The second-order valence-electron chi connectivity index (χ2n) is 11.0. The van der Waals surface area contributed by atoms with Crippen LogP contribution in [-0.4, -0.2) is 104 Å². The normalized spacial score (nSPS) is 12.4. The van der Waals surface area contributed by atoms with E-state index in [0.717, 1.165) is 36.4 Å². The number of carboxylic acid groups (broad SMARTS) is 1. The molecule has 0 spiro atoms. The second kappa shape index (κ2) is 18.4. The van der Waals surface area contributed by atoms with Crippen LogP contribution in [0.2, 0.25) is 0 Å². The van der Waals surface area contributed by atoms with Crippen LogP contribution in [0.15, 0.2) is 87.8 Å². The number of aromatic carboxylic acids is 1. The molecule has 0 aliphatic heterocycles. The Kier molecular flexibility index (Phi) is 13.6. The number of nitrogens with one attached hydrogen (secondary N) is 1. The summed E-state index contributed by atoms with van der Waals surface area (Å²) >= 11 is 0.188. The standard InChI is InChI=1S/C29H26N10O17S3/c30-13-1-2-14(20(9-13)58(47,48)49)32-33-15-10-18(54-6-4-41)16(11-17(15)53-5-3-40)34-35-23-19(57-56-55-46)7-12-8-21(59(50,51)52)24(26(43)22(12)25(23)42)36-38-29-31-27(28(44)45)37-39-29/h1-2,7-11,40-43,46H,3-6,30H2,(H,44,45)(H,31,37,39)(H,47,48,49)(H,50,51,52). The third-order valence-electron chi connectivity index (χ3n) is 7.13. The van der Waals surface area contributed by atoms with Crippen molar-refractivity contribution in [2.24, 2.45) is 30.7 Å². The van der Waals surface area contributed by atoms with Gasteiger partial charge in [0.2, 0.25) is 5.82 Å². The van der Waals surface area contributed by atoms with Gasteiger partial charge in [0, 0.05) is 17.8 Å². The number of H-pyrrole nitrogens is 1. The van der Waals surface area contributed by atoms with E-state index in [2.05, 4.69) is 55.2 Å². The fourth-order valence-electron chi connectivity index (χ4n) is 4.73. The van der Waals surface area contributed by atoms with Gasteiger partial charge in [-0.3, -0.25) is 14.1 Å². The molecule has 1 heterocycles. The molecule has 0 saturated carbocycles. The average Bonchev–Trinajstić information content (AvgIpc) is 3.66. The Labute approximate surface area is 332 Å². The number of azo groups is 3. The fourth-order valence-corrected chi connectivity index (χ4v) is 6.54. The molecule has 1 aromatic heterocycles. The molecule has 11 N–H and O–H groups in total. The van der Waals surface area contributed by atoms with Crippen molar-refractivity contribution in [3.63, 3.8) is 0 Å². The molecule has 0 aliphatic rings. The quantitative estimate of drug-likeness (QED) is 0.0144. The second-order valence-corrected chi connectivity index (χ2v) is 14.5. The lowest BCUT2D eigenvalue weighted by atomic mass is 10.1. The van der Waals surface area contributed by atoms with Crippen molar-refractivity contribution in [3.05, 3.63) is 48.3 Å². The maximum absolute atomic E-state index is 12.4. The Bertz CT molecular complexity index is 2730. The number of nitrogen functional groups attached to an aromatic ring is 1. The van der Waals surface area contributed by atoms with Gasteiger partial charge in [-0.1, -0.05) is 5.04 Å². The molecule has 0 radical (unpaired) electrons. The SMILES string of the molecule is Nc1ccc(N=Nc2cc(OCCO)c(N=Nc3c(SOOO)cc4cc(S(=O)(=O)O)c(N=Nc5nnc(C(=O)O)[nH]5)c(O)c4c3O)cc2OCCO)c(S(=O)(=O)O)c1. The largest absolute Gasteiger partial charge is 0.505 e. The van der Waals surface area contributed by atoms with Crippen LogP contribution < -0.4 is 15.2 Å². The lowest BCUT2D eigenvalue weighted by Crippen LogP contribution is -2.04. The minimum atomic E-state index is -5.21. The van der Waals surface area contributed by atoms with Gasteiger partial charge in [0.25, 0.3) is 26.2 Å². The molecule has 0 atom stereocenters. The highest BCUT2D eigenvalue weighted by Crippen LogP contribution is 2.52. The number of aliphatic hydroxyl groups excluding tert-OH is 2. The molecule has 312 valence electrons. The van der Waals surface area contributed by atoms with Crippen LogP contribution in [0, 0.1) is 0 Å². The van der Waals surface area contributed by atoms with Crippen molar-refractivity contribution in [2.75, 3.05) is 32.2 Å². The van der Waals surface area contributed by atoms with Gasteiger partial charge in [0.1, 0.15) is 62.9 Å². The maximum Gasteiger partial charge on any atom is 0.373 e. The predicted molar refractivity (Wildman–Crippen MR) is 196 cm³/mol. The van der Waals surface area contributed by atoms with Crippen LogP contribution >= 0.6 is 12.0 Å². The van der Waals surface area contributed by atoms with E-state index in [9.17, 15) is 51.2 Å². The van der Waals surface area contributed by atoms with Gasteiger partial charge in [0.15, 0.2) is 11.5 Å². The number of aliphatic hydroxyl groups is 2. The first-order valence-electron chi connectivity index (χ1n) is 15.6. The van der Waals surface area contributed by atoms with Crippen LogP contribution in [0.25, 0.3) is 10.8 Å². The molecular formula is C29H26N10O17S3. The molecule has 0 fully saturated rings. The Morgan fingerprint density at radius 3 is 1.90 bits per heavy atom. The third-order valence-corrected chi connectivity index (χ3v) is 9.50. The number of hydrogen-bond acceptors (Lipinski definition) is 24. The lowest BCUT2D eigenvalue weighted by Gasteiger charge is -2.14. The smallest absolute Gasteiger partial charge is 0.373 e. The number of aromatic amines is 1. The first-order chi connectivity index (χ1) is 28.0. The Morgan fingerprint density at radius 2 is 1.34 bits per heavy atom. The Morgan fingerprint density at radius 1 is 0.763 bits per heavy atom. The van der Waals surface area contributed by atoms with Gasteiger partial charge in [0.05, 0.1) is 35.5 Å². The van der Waals surface area contributed by atoms with Gasteiger partial charge in [-0.2, -0.15) is 16.8 Å². The molecule has 5 aromatic rings. The highest BCUT2D eigenvalue weighted by molar-refractivity contribution is 7.94. The van der Waals surface area contributed by atoms with Gasteiger partial charge in [-0.05, 0) is 35.7 Å². The predicted octanol–water partition coefficient (Wildman–Crippen LogP) is 4.56. The monoisotopic (exact) mass is 882 g/mol. The van der Waals surface area contributed by atoms with Crippen molar-refractivity contribution >= 4 is 89.1 Å². The number of ether oxygens (including phenoxy) is 2. The molecule has 4 aromatic carbocycles. The van der Waals surface area contributed by atoms with Crippen LogP contribution in [0.3, 0.4) is 0 Å². The number of anilines is 1. The van der Waals surface area contributed by atoms with Crippen LogP contribution in [0.4, 0.5) is 40.1 Å². The number of hydrogen-bond donors (Lipinski definition) is 10. The van der Waals surface area contributed by atoms with E-state index >= 15 is 0 Å². The zero-order chi connectivity index (χ0) is 43.1. The number of carbonyl (C=O) groups is 1. The van der Waals surface area contributed by atoms with Crippen LogP contribution in [0.1, 0.15) is 10.6 Å². The zero-order valence-corrected chi connectivity index (χ0v) is 31.5. The van der Waals surface area contributed by atoms with E-state index < -0.39 is 89.2 Å².